The molecule has 1 aromatic heterocycles. The molecule has 2 aromatic carbocycles. The van der Waals surface area contributed by atoms with Gasteiger partial charge < -0.3 is 5.11 Å². The number of nitrogens with zero attached hydrogens (tertiary/aromatic N) is 1. The molecule has 0 aliphatic rings. The van der Waals surface area contributed by atoms with Gasteiger partial charge in [-0.05, 0) is 29.8 Å². The molecule has 2 nitrogen and oxygen atoms in total. The zero-order chi connectivity index (χ0) is 12.5. The van der Waals surface area contributed by atoms with E-state index in [1.165, 1.54) is 0 Å². The predicted octanol–water partition coefficient (Wildman–Crippen LogP) is 4.25. The Morgan fingerprint density at radius 3 is 2.78 bits per heavy atom. The molecule has 0 unspecified atom stereocenters. The number of aromatic hydroxyl groups is 1. The SMILES string of the molecule is Oc1cccc(Cc2nc3cccc(Cl)c3s2)c1. The van der Waals surface area contributed by atoms with Crippen LogP contribution in [-0.2, 0) is 6.42 Å². The zero-order valence-corrected chi connectivity index (χ0v) is 11.0. The molecule has 0 saturated carbocycles. The second-order valence-corrected chi connectivity index (χ2v) is 5.53. The van der Waals surface area contributed by atoms with Crippen LogP contribution in [0, 0.1) is 0 Å². The lowest BCUT2D eigenvalue weighted by Gasteiger charge is -1.98. The van der Waals surface area contributed by atoms with E-state index in [9.17, 15) is 5.11 Å². The first kappa shape index (κ1) is 11.5. The number of benzene rings is 2. The van der Waals surface area contributed by atoms with Crippen molar-refractivity contribution < 1.29 is 5.11 Å². The van der Waals surface area contributed by atoms with Gasteiger partial charge in [-0.25, -0.2) is 4.98 Å². The molecule has 90 valence electrons. The molecule has 4 heteroatoms. The molecule has 0 aliphatic carbocycles. The molecule has 0 aliphatic heterocycles. The van der Waals surface area contributed by atoms with Gasteiger partial charge in [0.05, 0.1) is 20.2 Å². The summed E-state index contributed by atoms with van der Waals surface area (Å²) in [5, 5.41) is 11.2. The van der Waals surface area contributed by atoms with E-state index < -0.39 is 0 Å². The smallest absolute Gasteiger partial charge is 0.115 e. The van der Waals surface area contributed by atoms with Gasteiger partial charge in [0, 0.05) is 6.42 Å². The van der Waals surface area contributed by atoms with Gasteiger partial charge in [0.15, 0.2) is 0 Å². The predicted molar refractivity (Wildman–Crippen MR) is 75.5 cm³/mol. The lowest BCUT2D eigenvalue weighted by Crippen LogP contribution is -1.85. The summed E-state index contributed by atoms with van der Waals surface area (Å²) in [5.74, 6) is 0.284. The fourth-order valence-electron chi connectivity index (χ4n) is 1.88. The van der Waals surface area contributed by atoms with E-state index in [1.807, 2.05) is 30.3 Å². The van der Waals surface area contributed by atoms with Crippen LogP contribution in [0.1, 0.15) is 10.6 Å². The van der Waals surface area contributed by atoms with E-state index in [0.29, 0.717) is 6.42 Å². The van der Waals surface area contributed by atoms with Crippen LogP contribution >= 0.6 is 22.9 Å². The highest BCUT2D eigenvalue weighted by Gasteiger charge is 2.07. The quantitative estimate of drug-likeness (QED) is 0.759. The standard InChI is InChI=1S/C14H10ClNOS/c15-11-5-2-6-12-14(11)18-13(16-12)8-9-3-1-4-10(17)7-9/h1-7,17H,8H2. The summed E-state index contributed by atoms with van der Waals surface area (Å²) in [6.45, 7) is 0. The van der Waals surface area contributed by atoms with Crippen molar-refractivity contribution in [2.24, 2.45) is 0 Å². The fraction of sp³-hybridized carbons (Fsp3) is 0.0714. The summed E-state index contributed by atoms with van der Waals surface area (Å²) in [4.78, 5) is 4.55. The maximum Gasteiger partial charge on any atom is 0.115 e. The van der Waals surface area contributed by atoms with E-state index in [4.69, 9.17) is 11.6 Å². The number of rotatable bonds is 2. The van der Waals surface area contributed by atoms with Crippen molar-refractivity contribution in [3.8, 4) is 5.75 Å². The molecule has 0 bridgehead atoms. The highest BCUT2D eigenvalue weighted by molar-refractivity contribution is 7.19. The number of fused-ring (bicyclic) bond motifs is 1. The van der Waals surface area contributed by atoms with Gasteiger partial charge in [0.25, 0.3) is 0 Å². The Hall–Kier alpha value is -1.58. The number of halogens is 1. The molecule has 1 N–H and O–H groups in total. The molecular weight excluding hydrogens is 266 g/mol. The third-order valence-electron chi connectivity index (χ3n) is 2.68. The molecular formula is C14H10ClNOS. The Morgan fingerprint density at radius 1 is 1.17 bits per heavy atom. The van der Waals surface area contributed by atoms with Crippen molar-refractivity contribution in [3.05, 3.63) is 58.1 Å². The Balaban J connectivity index is 1.98. The fourth-order valence-corrected chi connectivity index (χ4v) is 3.17. The third-order valence-corrected chi connectivity index (χ3v) is 4.21. The van der Waals surface area contributed by atoms with Crippen LogP contribution in [0.5, 0.6) is 5.75 Å². The van der Waals surface area contributed by atoms with Crippen LogP contribution in [0.25, 0.3) is 10.2 Å². The molecule has 0 radical (unpaired) electrons. The summed E-state index contributed by atoms with van der Waals surface area (Å²) in [7, 11) is 0. The average molecular weight is 276 g/mol. The second kappa shape index (κ2) is 4.59. The normalized spacial score (nSPS) is 10.9. The number of aromatic nitrogens is 1. The number of phenolic OH excluding ortho intramolecular Hbond substituents is 1. The van der Waals surface area contributed by atoms with Gasteiger partial charge in [-0.3, -0.25) is 0 Å². The number of hydrogen-bond donors (Lipinski definition) is 1. The molecule has 1 heterocycles. The molecule has 0 amide bonds. The monoisotopic (exact) mass is 275 g/mol. The van der Waals surface area contributed by atoms with Gasteiger partial charge in [-0.1, -0.05) is 29.8 Å². The van der Waals surface area contributed by atoms with E-state index in [0.717, 1.165) is 25.8 Å². The molecule has 3 aromatic rings. The summed E-state index contributed by atoms with van der Waals surface area (Å²) in [6.07, 6.45) is 0.712. The van der Waals surface area contributed by atoms with Crippen LogP contribution < -0.4 is 0 Å². The van der Waals surface area contributed by atoms with E-state index in [1.54, 1.807) is 23.5 Å². The van der Waals surface area contributed by atoms with Gasteiger partial charge in [0.1, 0.15) is 5.75 Å². The van der Waals surface area contributed by atoms with Gasteiger partial charge in [0.2, 0.25) is 0 Å². The summed E-state index contributed by atoms with van der Waals surface area (Å²) < 4.78 is 1.02. The first-order valence-corrected chi connectivity index (χ1v) is 6.74. The Kier molecular flexibility index (Phi) is 2.94. The minimum atomic E-state index is 0.284. The highest BCUT2D eigenvalue weighted by Crippen LogP contribution is 2.30. The summed E-state index contributed by atoms with van der Waals surface area (Å²) in [6, 6.07) is 13.0. The minimum Gasteiger partial charge on any atom is -0.508 e. The van der Waals surface area contributed by atoms with Crippen molar-refractivity contribution in [3.63, 3.8) is 0 Å². The molecule has 18 heavy (non-hydrogen) atoms. The van der Waals surface area contributed by atoms with Crippen LogP contribution in [0.15, 0.2) is 42.5 Å². The first-order chi connectivity index (χ1) is 8.72. The molecule has 0 spiro atoms. The first-order valence-electron chi connectivity index (χ1n) is 5.54. The van der Waals surface area contributed by atoms with Gasteiger partial charge >= 0.3 is 0 Å². The molecule has 0 fully saturated rings. The van der Waals surface area contributed by atoms with Crippen molar-refractivity contribution in [1.29, 1.82) is 0 Å². The zero-order valence-electron chi connectivity index (χ0n) is 9.43. The summed E-state index contributed by atoms with van der Waals surface area (Å²) >= 11 is 7.73. The molecule has 3 rings (SSSR count). The van der Waals surface area contributed by atoms with E-state index >= 15 is 0 Å². The minimum absolute atomic E-state index is 0.284. The maximum atomic E-state index is 9.44. The lowest BCUT2D eigenvalue weighted by atomic mass is 10.1. The maximum absolute atomic E-state index is 9.44. The van der Waals surface area contributed by atoms with E-state index in [2.05, 4.69) is 4.98 Å². The van der Waals surface area contributed by atoms with Crippen LogP contribution in [-0.4, -0.2) is 10.1 Å². The number of phenols is 1. The number of hydrogen-bond acceptors (Lipinski definition) is 3. The second-order valence-electron chi connectivity index (χ2n) is 4.04. The number of thiazole rings is 1. The van der Waals surface area contributed by atoms with Gasteiger partial charge in [-0.2, -0.15) is 0 Å². The lowest BCUT2D eigenvalue weighted by molar-refractivity contribution is 0.474. The van der Waals surface area contributed by atoms with Crippen molar-refractivity contribution >= 4 is 33.2 Å². The summed E-state index contributed by atoms with van der Waals surface area (Å²) in [5.41, 5.74) is 1.98. The van der Waals surface area contributed by atoms with Gasteiger partial charge in [-0.15, -0.1) is 11.3 Å². The van der Waals surface area contributed by atoms with Crippen molar-refractivity contribution in [2.75, 3.05) is 0 Å². The van der Waals surface area contributed by atoms with Crippen molar-refractivity contribution in [1.82, 2.24) is 4.98 Å². The Morgan fingerprint density at radius 2 is 2.00 bits per heavy atom. The Bertz CT molecular complexity index is 708. The largest absolute Gasteiger partial charge is 0.508 e. The average Bonchev–Trinajstić information content (AvgIpc) is 2.73. The van der Waals surface area contributed by atoms with Crippen LogP contribution in [0.2, 0.25) is 5.02 Å². The highest BCUT2D eigenvalue weighted by atomic mass is 35.5. The third kappa shape index (κ3) is 2.19. The Labute approximate surface area is 113 Å². The van der Waals surface area contributed by atoms with Crippen LogP contribution in [0.3, 0.4) is 0 Å². The van der Waals surface area contributed by atoms with E-state index in [-0.39, 0.29) is 5.75 Å². The van der Waals surface area contributed by atoms with Crippen molar-refractivity contribution in [2.45, 2.75) is 6.42 Å². The topological polar surface area (TPSA) is 33.1 Å². The molecule has 0 saturated heterocycles. The van der Waals surface area contributed by atoms with Crippen LogP contribution in [0.4, 0.5) is 0 Å². The molecule has 0 atom stereocenters.